The average molecular weight is 508 g/mol. The van der Waals surface area contributed by atoms with Gasteiger partial charge < -0.3 is 29.7 Å². The predicted octanol–water partition coefficient (Wildman–Crippen LogP) is -0.392. The Morgan fingerprint density at radius 2 is 0.879 bits per heavy atom. The van der Waals surface area contributed by atoms with Crippen LogP contribution in [0, 0.1) is 5.92 Å². The number of rotatable bonds is 14. The Kier molecular flexibility index (Phi) is 32.7. The smallest absolute Gasteiger partial charge is 0.138 e. The first-order chi connectivity index (χ1) is 15.3. The van der Waals surface area contributed by atoms with E-state index in [9.17, 15) is 44.1 Å². The van der Waals surface area contributed by atoms with Crippen LogP contribution in [0.5, 0.6) is 0 Å². The quantitative estimate of drug-likeness (QED) is 0.221. The minimum Gasteiger partial charge on any atom is -0.550 e. The van der Waals surface area contributed by atoms with Crippen molar-refractivity contribution in [2.24, 2.45) is 5.92 Å². The minimum atomic E-state index is -1.28. The Morgan fingerprint density at radius 1 is 0.636 bits per heavy atom. The first kappa shape index (κ1) is 38.4. The number of hydrogen-bond acceptors (Lipinski definition) is 10. The van der Waals surface area contributed by atoms with E-state index in [0.29, 0.717) is 44.4 Å². The second-order valence-corrected chi connectivity index (χ2v) is 7.67. The Labute approximate surface area is 208 Å². The molecule has 0 heterocycles. The van der Waals surface area contributed by atoms with Crippen LogP contribution < -0.4 is 15.3 Å². The van der Waals surface area contributed by atoms with Crippen molar-refractivity contribution < 1.29 is 68.2 Å². The first-order valence-corrected chi connectivity index (χ1v) is 11.3. The molecule has 0 amide bonds. The molecule has 11 heteroatoms. The fourth-order valence-electron chi connectivity index (χ4n) is 1.75. The van der Waals surface area contributed by atoms with Crippen LogP contribution in [0.25, 0.3) is 0 Å². The molecule has 0 saturated heterocycles. The Hall–Kier alpha value is -1.91. The van der Waals surface area contributed by atoms with Crippen LogP contribution in [0.15, 0.2) is 0 Å². The van der Waals surface area contributed by atoms with Crippen molar-refractivity contribution in [1.82, 2.24) is 0 Å². The Bertz CT molecular complexity index is 502. The number of aliphatic carboxylic acids is 3. The molecule has 0 N–H and O–H groups in total. The first-order valence-electron chi connectivity index (χ1n) is 10.7. The average Bonchev–Trinajstić information content (AvgIpc) is 2.61. The molecule has 10 nitrogen and oxygen atoms in total. The van der Waals surface area contributed by atoms with Crippen LogP contribution >= 0.6 is 0 Å². The fraction of sp³-hybridized carbons (Fsp3) is 0.727. The van der Waals surface area contributed by atoms with Gasteiger partial charge in [-0.05, 0) is 19.3 Å². The van der Waals surface area contributed by atoms with E-state index in [-0.39, 0.29) is 17.3 Å². The third-order valence-corrected chi connectivity index (χ3v) is 3.29. The monoisotopic (exact) mass is 508 g/mol. The van der Waals surface area contributed by atoms with E-state index in [1.807, 2.05) is 20.8 Å². The van der Waals surface area contributed by atoms with Crippen LogP contribution in [-0.2, 0) is 52.9 Å². The summed E-state index contributed by atoms with van der Waals surface area (Å²) in [6.45, 7) is 10.6. The van der Waals surface area contributed by atoms with Gasteiger partial charge in [0.1, 0.15) is 17.3 Å². The summed E-state index contributed by atoms with van der Waals surface area (Å²) in [5.41, 5.74) is 0. The van der Waals surface area contributed by atoms with E-state index in [0.717, 1.165) is 6.61 Å². The number of Topliss-reactive ketones (excluding diaryl/α,β-unsaturated/α-hetero) is 3. The number of carbonyl (C=O) groups excluding carboxylic acids is 6. The Balaban J connectivity index is -0.000000172. The van der Waals surface area contributed by atoms with Crippen LogP contribution in [0.4, 0.5) is 0 Å². The van der Waals surface area contributed by atoms with Crippen LogP contribution in [0.3, 0.4) is 0 Å². The van der Waals surface area contributed by atoms with Crippen molar-refractivity contribution in [1.29, 1.82) is 0 Å². The summed E-state index contributed by atoms with van der Waals surface area (Å²) in [6, 6.07) is 0. The maximum atomic E-state index is 10.4. The molecule has 0 atom stereocenters. The maximum absolute atomic E-state index is 10.4. The summed E-state index contributed by atoms with van der Waals surface area (Å²) in [4.78, 5) is 60.6. The zero-order valence-electron chi connectivity index (χ0n) is 20.2. The molecule has 0 unspecified atom stereocenters. The van der Waals surface area contributed by atoms with Gasteiger partial charge in [-0.25, -0.2) is 0 Å². The van der Waals surface area contributed by atoms with Crippen molar-refractivity contribution in [2.75, 3.05) is 6.61 Å². The van der Waals surface area contributed by atoms with Gasteiger partial charge in [-0.15, -0.1) is 0 Å². The Morgan fingerprint density at radius 3 is 0.970 bits per heavy atom. The summed E-state index contributed by atoms with van der Waals surface area (Å²) < 4.78 is 4.80. The molecule has 0 bridgehead atoms. The zero-order chi connectivity index (χ0) is 26.8. The summed E-state index contributed by atoms with van der Waals surface area (Å²) >= 11 is 1.72. The van der Waals surface area contributed by atoms with Gasteiger partial charge in [0.2, 0.25) is 0 Å². The summed E-state index contributed by atoms with van der Waals surface area (Å²) in [5, 5.41) is 29.3. The van der Waals surface area contributed by atoms with Gasteiger partial charge >= 0.3 is 50.5 Å². The van der Waals surface area contributed by atoms with Crippen LogP contribution in [-0.4, -0.2) is 41.9 Å². The number of ketones is 3. The van der Waals surface area contributed by atoms with E-state index < -0.39 is 37.2 Å². The second-order valence-electron chi connectivity index (χ2n) is 7.22. The van der Waals surface area contributed by atoms with Crippen molar-refractivity contribution in [3.05, 3.63) is 0 Å². The summed E-state index contributed by atoms with van der Waals surface area (Å²) in [6.07, 6.45) is 1.82. The molecule has 0 radical (unpaired) electrons. The van der Waals surface area contributed by atoms with Gasteiger partial charge in [-0.3, -0.25) is 14.4 Å². The molecule has 0 spiro atoms. The van der Waals surface area contributed by atoms with E-state index in [2.05, 4.69) is 13.8 Å². The number of carbonyl (C=O) groups is 6. The molecule has 188 valence electrons. The van der Waals surface area contributed by atoms with Crippen molar-refractivity contribution in [2.45, 2.75) is 92.4 Å². The molecule has 0 aromatic heterocycles. The topological polar surface area (TPSA) is 181 Å². The van der Waals surface area contributed by atoms with Gasteiger partial charge in [0.05, 0.1) is 0 Å². The van der Waals surface area contributed by atoms with E-state index in [4.69, 9.17) is 3.32 Å². The molecule has 0 fully saturated rings. The molecular formula is C22H36O10Ti. The summed E-state index contributed by atoms with van der Waals surface area (Å²) in [7, 11) is 0. The zero-order valence-corrected chi connectivity index (χ0v) is 21.8. The number of hydrogen-bond donors (Lipinski definition) is 0. The standard InChI is InChI=1S/3C6H10O3.C4H9O.Ti/c3*1-2-3-5(7)4-6(8)9;1-4(2)3-5;/h3*2-4H2,1H3,(H,8,9);4H,3H2,1-2H3;/q;;;-1;+4/p-3. The van der Waals surface area contributed by atoms with Crippen molar-refractivity contribution in [3.8, 4) is 0 Å². The molecule has 0 aliphatic heterocycles. The largest absolute Gasteiger partial charge is 0.550 e. The van der Waals surface area contributed by atoms with Crippen molar-refractivity contribution in [3.63, 3.8) is 0 Å². The van der Waals surface area contributed by atoms with Crippen LogP contribution in [0.1, 0.15) is 92.4 Å². The van der Waals surface area contributed by atoms with E-state index in [1.54, 1.807) is 20.8 Å². The fourth-order valence-corrected chi connectivity index (χ4v) is 2.27. The second kappa shape index (κ2) is 28.1. The molecule has 0 aromatic carbocycles. The van der Waals surface area contributed by atoms with Gasteiger partial charge in [0.25, 0.3) is 0 Å². The molecule has 0 rings (SSSR count). The molecular weight excluding hydrogens is 472 g/mol. The van der Waals surface area contributed by atoms with Crippen LogP contribution in [0.2, 0.25) is 0 Å². The summed E-state index contributed by atoms with van der Waals surface area (Å²) in [5.74, 6) is -3.93. The molecule has 0 saturated carbocycles. The van der Waals surface area contributed by atoms with Crippen molar-refractivity contribution >= 4 is 35.3 Å². The van der Waals surface area contributed by atoms with E-state index >= 15 is 0 Å². The van der Waals surface area contributed by atoms with E-state index in [1.165, 1.54) is 0 Å². The normalized spacial score (nSPS) is 9.21. The number of carboxylic acid groups (broad SMARTS) is 3. The van der Waals surface area contributed by atoms with Gasteiger partial charge in [0.15, 0.2) is 0 Å². The SMILES string of the molecule is CC(C)C[O][Ti+3].CCCC(=O)CC(=O)[O-].CCCC(=O)CC(=O)[O-].CCCC(=O)CC(=O)[O-]. The predicted molar refractivity (Wildman–Crippen MR) is 109 cm³/mol. The third kappa shape index (κ3) is 48.7. The molecule has 0 aliphatic carbocycles. The van der Waals surface area contributed by atoms with Gasteiger partial charge in [-0.1, -0.05) is 20.8 Å². The molecule has 33 heavy (non-hydrogen) atoms. The minimum absolute atomic E-state index is 0.252. The molecule has 0 aliphatic rings. The van der Waals surface area contributed by atoms with Gasteiger partial charge in [0, 0.05) is 56.4 Å². The van der Waals surface area contributed by atoms with Gasteiger partial charge in [-0.2, -0.15) is 0 Å². The number of carboxylic acids is 3. The third-order valence-electron chi connectivity index (χ3n) is 3.03. The maximum Gasteiger partial charge on any atom is 0.138 e. The molecule has 0 aromatic rings.